The van der Waals surface area contributed by atoms with Crippen molar-refractivity contribution < 1.29 is 9.90 Å². The summed E-state index contributed by atoms with van der Waals surface area (Å²) in [6.45, 7) is 3.73. The highest BCUT2D eigenvalue weighted by molar-refractivity contribution is 5.83. The van der Waals surface area contributed by atoms with Gasteiger partial charge >= 0.3 is 0 Å². The maximum atomic E-state index is 11.8. The normalized spacial score (nSPS) is 27.1. The van der Waals surface area contributed by atoms with E-state index in [4.69, 9.17) is 0 Å². The Bertz CT molecular complexity index is 486. The quantitative estimate of drug-likeness (QED) is 0.884. The van der Waals surface area contributed by atoms with E-state index in [0.29, 0.717) is 0 Å². The average Bonchev–Trinajstić information content (AvgIpc) is 2.88. The molecule has 2 N–H and O–H groups in total. The van der Waals surface area contributed by atoms with Crippen LogP contribution in [0.5, 0.6) is 0 Å². The molecule has 0 spiro atoms. The van der Waals surface area contributed by atoms with Crippen molar-refractivity contribution >= 4 is 11.6 Å². The van der Waals surface area contributed by atoms with Gasteiger partial charge in [0.25, 0.3) is 0 Å². The van der Waals surface area contributed by atoms with Crippen molar-refractivity contribution in [1.82, 2.24) is 5.32 Å². The molecule has 0 aliphatic carbocycles. The number of nitrogens with one attached hydrogen (secondary N) is 1. The number of carbonyl (C=O) groups excluding carboxylic acids is 1. The summed E-state index contributed by atoms with van der Waals surface area (Å²) in [5, 5.41) is 12.8. The van der Waals surface area contributed by atoms with Gasteiger partial charge in [0.15, 0.2) is 0 Å². The zero-order chi connectivity index (χ0) is 14.1. The number of hydrogen-bond donors (Lipinski definition) is 2. The van der Waals surface area contributed by atoms with Gasteiger partial charge in [-0.3, -0.25) is 4.79 Å². The lowest BCUT2D eigenvalue weighted by Crippen LogP contribution is -2.45. The molecule has 2 saturated heterocycles. The average molecular weight is 274 g/mol. The minimum absolute atomic E-state index is 0.143. The van der Waals surface area contributed by atoms with E-state index in [1.54, 1.807) is 0 Å². The molecule has 0 aromatic heterocycles. The Morgan fingerprint density at radius 2 is 2.15 bits per heavy atom. The minimum Gasteiger partial charge on any atom is -0.388 e. The Morgan fingerprint density at radius 3 is 2.85 bits per heavy atom. The largest absolute Gasteiger partial charge is 0.388 e. The van der Waals surface area contributed by atoms with Crippen molar-refractivity contribution in [2.24, 2.45) is 5.92 Å². The SMILES string of the molecule is CC[C@H](O)c1ccc(N2CCCC3C(=O)NCC32)cc1. The summed E-state index contributed by atoms with van der Waals surface area (Å²) in [7, 11) is 0. The van der Waals surface area contributed by atoms with Crippen LogP contribution in [0.1, 0.15) is 37.9 Å². The molecule has 2 heterocycles. The number of fused-ring (bicyclic) bond motifs is 1. The van der Waals surface area contributed by atoms with Crippen LogP contribution in [0.4, 0.5) is 5.69 Å². The summed E-state index contributed by atoms with van der Waals surface area (Å²) in [5.41, 5.74) is 2.12. The molecular formula is C16H22N2O2. The molecule has 2 aliphatic rings. The van der Waals surface area contributed by atoms with Crippen molar-refractivity contribution in [1.29, 1.82) is 0 Å². The van der Waals surface area contributed by atoms with E-state index in [2.05, 4.69) is 22.3 Å². The lowest BCUT2D eigenvalue weighted by Gasteiger charge is -2.37. The van der Waals surface area contributed by atoms with Crippen LogP contribution in [0.15, 0.2) is 24.3 Å². The number of hydrogen-bond acceptors (Lipinski definition) is 3. The smallest absolute Gasteiger partial charge is 0.225 e. The second kappa shape index (κ2) is 5.44. The zero-order valence-electron chi connectivity index (χ0n) is 11.9. The first kappa shape index (κ1) is 13.4. The molecule has 0 saturated carbocycles. The molecule has 1 aromatic rings. The molecule has 20 heavy (non-hydrogen) atoms. The summed E-state index contributed by atoms with van der Waals surface area (Å²) in [4.78, 5) is 14.1. The highest BCUT2D eigenvalue weighted by Gasteiger charge is 2.40. The van der Waals surface area contributed by atoms with Crippen molar-refractivity contribution in [2.75, 3.05) is 18.0 Å². The molecule has 1 aromatic carbocycles. The molecule has 3 atom stereocenters. The molecular weight excluding hydrogens is 252 g/mol. The van der Waals surface area contributed by atoms with E-state index in [1.165, 1.54) is 0 Å². The number of nitrogens with zero attached hydrogens (tertiary/aromatic N) is 1. The lowest BCUT2D eigenvalue weighted by molar-refractivity contribution is -0.122. The Kier molecular flexibility index (Phi) is 3.66. The molecule has 0 bridgehead atoms. The fraction of sp³-hybridized carbons (Fsp3) is 0.562. The van der Waals surface area contributed by atoms with Crippen LogP contribution in [-0.2, 0) is 4.79 Å². The standard InChI is InChI=1S/C16H22N2O2/c1-2-15(19)11-5-7-12(8-6-11)18-9-3-4-13-14(18)10-17-16(13)20/h5-8,13-15,19H,2-4,9-10H2,1H3,(H,17,20)/t13?,14?,15-/m0/s1. The molecule has 4 heteroatoms. The van der Waals surface area contributed by atoms with Gasteiger partial charge in [-0.2, -0.15) is 0 Å². The summed E-state index contributed by atoms with van der Waals surface area (Å²) in [5.74, 6) is 0.349. The highest BCUT2D eigenvalue weighted by atomic mass is 16.3. The predicted molar refractivity (Wildman–Crippen MR) is 78.6 cm³/mol. The van der Waals surface area contributed by atoms with E-state index in [0.717, 1.165) is 43.6 Å². The minimum atomic E-state index is -0.382. The van der Waals surface area contributed by atoms with E-state index >= 15 is 0 Å². The number of benzene rings is 1. The van der Waals surface area contributed by atoms with Gasteiger partial charge in [0, 0.05) is 18.8 Å². The molecule has 2 fully saturated rings. The Labute approximate surface area is 119 Å². The van der Waals surface area contributed by atoms with Gasteiger partial charge in [-0.15, -0.1) is 0 Å². The molecule has 108 valence electrons. The van der Waals surface area contributed by atoms with Crippen molar-refractivity contribution in [3.8, 4) is 0 Å². The third-order valence-corrected chi connectivity index (χ3v) is 4.60. The van der Waals surface area contributed by atoms with Crippen LogP contribution in [0.3, 0.4) is 0 Å². The van der Waals surface area contributed by atoms with Gasteiger partial charge in [0.05, 0.1) is 18.1 Å². The molecule has 2 aliphatic heterocycles. The van der Waals surface area contributed by atoms with Crippen molar-refractivity contribution in [2.45, 2.75) is 38.3 Å². The third kappa shape index (κ3) is 2.29. The number of rotatable bonds is 3. The highest BCUT2D eigenvalue weighted by Crippen LogP contribution is 2.32. The van der Waals surface area contributed by atoms with Gasteiger partial charge in [-0.25, -0.2) is 0 Å². The number of aliphatic hydroxyl groups excluding tert-OH is 1. The first-order valence-electron chi connectivity index (χ1n) is 7.53. The number of anilines is 1. The molecule has 4 nitrogen and oxygen atoms in total. The zero-order valence-corrected chi connectivity index (χ0v) is 11.9. The second-order valence-electron chi connectivity index (χ2n) is 5.77. The van der Waals surface area contributed by atoms with E-state index in [1.807, 2.05) is 19.1 Å². The van der Waals surface area contributed by atoms with Crippen LogP contribution in [0.25, 0.3) is 0 Å². The second-order valence-corrected chi connectivity index (χ2v) is 5.77. The fourth-order valence-electron chi connectivity index (χ4n) is 3.40. The molecule has 0 radical (unpaired) electrons. The number of carbonyl (C=O) groups is 1. The Hall–Kier alpha value is -1.55. The van der Waals surface area contributed by atoms with Gasteiger partial charge in [0.1, 0.15) is 0 Å². The van der Waals surface area contributed by atoms with Gasteiger partial charge in [-0.1, -0.05) is 19.1 Å². The topological polar surface area (TPSA) is 52.6 Å². The molecule has 3 rings (SSSR count). The van der Waals surface area contributed by atoms with E-state index in [-0.39, 0.29) is 24.0 Å². The summed E-state index contributed by atoms with van der Waals surface area (Å²) >= 11 is 0. The summed E-state index contributed by atoms with van der Waals surface area (Å²) in [6, 6.07) is 8.42. The van der Waals surface area contributed by atoms with E-state index < -0.39 is 0 Å². The molecule has 1 amide bonds. The van der Waals surface area contributed by atoms with Crippen LogP contribution >= 0.6 is 0 Å². The first-order chi connectivity index (χ1) is 9.70. The maximum absolute atomic E-state index is 11.8. The Morgan fingerprint density at radius 1 is 1.40 bits per heavy atom. The third-order valence-electron chi connectivity index (χ3n) is 4.60. The van der Waals surface area contributed by atoms with Gasteiger partial charge in [-0.05, 0) is 37.0 Å². The van der Waals surface area contributed by atoms with Crippen LogP contribution in [0.2, 0.25) is 0 Å². The monoisotopic (exact) mass is 274 g/mol. The lowest BCUT2D eigenvalue weighted by atomic mass is 9.91. The number of amides is 1. The number of piperidine rings is 1. The fourth-order valence-corrected chi connectivity index (χ4v) is 3.40. The number of aliphatic hydroxyl groups is 1. The van der Waals surface area contributed by atoms with E-state index in [9.17, 15) is 9.90 Å². The Balaban J connectivity index is 1.80. The van der Waals surface area contributed by atoms with Gasteiger partial charge < -0.3 is 15.3 Å². The van der Waals surface area contributed by atoms with Crippen molar-refractivity contribution in [3.05, 3.63) is 29.8 Å². The van der Waals surface area contributed by atoms with Crippen molar-refractivity contribution in [3.63, 3.8) is 0 Å². The maximum Gasteiger partial charge on any atom is 0.225 e. The van der Waals surface area contributed by atoms with Crippen LogP contribution < -0.4 is 10.2 Å². The van der Waals surface area contributed by atoms with Gasteiger partial charge in [0.2, 0.25) is 5.91 Å². The summed E-state index contributed by atoms with van der Waals surface area (Å²) < 4.78 is 0. The first-order valence-corrected chi connectivity index (χ1v) is 7.53. The van der Waals surface area contributed by atoms with Crippen LogP contribution in [0, 0.1) is 5.92 Å². The van der Waals surface area contributed by atoms with Crippen LogP contribution in [-0.4, -0.2) is 30.1 Å². The predicted octanol–water partition coefficient (Wildman–Crippen LogP) is 1.84. The summed E-state index contributed by atoms with van der Waals surface area (Å²) in [6.07, 6.45) is 2.41. The molecule has 2 unspecified atom stereocenters.